The van der Waals surface area contributed by atoms with E-state index in [2.05, 4.69) is 41.3 Å². The summed E-state index contributed by atoms with van der Waals surface area (Å²) in [5, 5.41) is 10.4. The van der Waals surface area contributed by atoms with Gasteiger partial charge in [-0.15, -0.1) is 0 Å². The van der Waals surface area contributed by atoms with Crippen molar-refractivity contribution in [2.75, 3.05) is 13.6 Å². The predicted octanol–water partition coefficient (Wildman–Crippen LogP) is 2.52. The van der Waals surface area contributed by atoms with Crippen LogP contribution in [0, 0.1) is 0 Å². The second-order valence-electron chi connectivity index (χ2n) is 6.22. The number of carboxylic acid groups (broad SMARTS) is 1. The fraction of sp³-hybridized carbons (Fsp3) is 0.353. The highest BCUT2D eigenvalue weighted by Gasteiger charge is 2.37. The molecule has 0 saturated carbocycles. The normalized spacial score (nSPS) is 27.0. The van der Waals surface area contributed by atoms with Gasteiger partial charge in [0.05, 0.1) is 0 Å². The first-order chi connectivity index (χ1) is 10.1. The summed E-state index contributed by atoms with van der Waals surface area (Å²) >= 11 is 0. The van der Waals surface area contributed by atoms with Crippen LogP contribution in [0.1, 0.15) is 23.5 Å². The van der Waals surface area contributed by atoms with Crippen LogP contribution in [0.2, 0.25) is 0 Å². The Hall–Kier alpha value is -2.07. The van der Waals surface area contributed by atoms with E-state index in [1.165, 1.54) is 28.1 Å². The number of H-pyrrole nitrogens is 1. The van der Waals surface area contributed by atoms with Gasteiger partial charge in [0.25, 0.3) is 0 Å². The third-order valence-electron chi connectivity index (χ3n) is 4.94. The number of carboxylic acids is 1. The fourth-order valence-corrected chi connectivity index (χ4v) is 4.10. The molecule has 2 aliphatic rings. The Morgan fingerprint density at radius 1 is 1.43 bits per heavy atom. The molecule has 2 heterocycles. The molecule has 2 N–H and O–H groups in total. The molecule has 21 heavy (non-hydrogen) atoms. The second kappa shape index (κ2) is 4.46. The molecule has 0 radical (unpaired) electrons. The number of hydrogen-bond acceptors (Lipinski definition) is 2. The summed E-state index contributed by atoms with van der Waals surface area (Å²) < 4.78 is 0. The number of fused-ring (bicyclic) bond motifs is 2. The summed E-state index contributed by atoms with van der Waals surface area (Å²) in [6.07, 6.45) is 5.41. The number of rotatable bonds is 1. The van der Waals surface area contributed by atoms with Crippen LogP contribution in [0.25, 0.3) is 10.9 Å². The molecule has 1 aromatic heterocycles. The van der Waals surface area contributed by atoms with Crippen molar-refractivity contribution in [3.05, 3.63) is 47.2 Å². The van der Waals surface area contributed by atoms with Gasteiger partial charge in [-0.05, 0) is 42.7 Å². The van der Waals surface area contributed by atoms with Gasteiger partial charge in [0, 0.05) is 41.7 Å². The molecule has 0 unspecified atom stereocenters. The van der Waals surface area contributed by atoms with Gasteiger partial charge >= 0.3 is 5.97 Å². The highest BCUT2D eigenvalue weighted by Crippen LogP contribution is 2.43. The zero-order valence-electron chi connectivity index (χ0n) is 12.0. The summed E-state index contributed by atoms with van der Waals surface area (Å²) in [7, 11) is 2.10. The van der Waals surface area contributed by atoms with Crippen LogP contribution in [-0.2, 0) is 11.2 Å². The lowest BCUT2D eigenvalue weighted by molar-refractivity contribution is -0.131. The van der Waals surface area contributed by atoms with Crippen LogP contribution in [0.4, 0.5) is 0 Å². The van der Waals surface area contributed by atoms with E-state index in [0.29, 0.717) is 12.0 Å². The Labute approximate surface area is 123 Å². The quantitative estimate of drug-likeness (QED) is 0.790. The number of likely N-dealkylation sites (tertiary alicyclic amines) is 1. The molecule has 4 rings (SSSR count). The lowest BCUT2D eigenvalue weighted by Crippen LogP contribution is -2.45. The molecule has 108 valence electrons. The highest BCUT2D eigenvalue weighted by atomic mass is 16.4. The Balaban J connectivity index is 1.83. The van der Waals surface area contributed by atoms with Crippen molar-refractivity contribution >= 4 is 16.9 Å². The Morgan fingerprint density at radius 3 is 3.10 bits per heavy atom. The van der Waals surface area contributed by atoms with Gasteiger partial charge in [-0.1, -0.05) is 12.1 Å². The van der Waals surface area contributed by atoms with Crippen molar-refractivity contribution < 1.29 is 9.90 Å². The third kappa shape index (κ3) is 1.90. The van der Waals surface area contributed by atoms with Crippen molar-refractivity contribution in [3.8, 4) is 0 Å². The maximum absolute atomic E-state index is 11.0. The van der Waals surface area contributed by atoms with Crippen LogP contribution < -0.4 is 0 Å². The van der Waals surface area contributed by atoms with E-state index in [-0.39, 0.29) is 0 Å². The molecule has 1 fully saturated rings. The number of aromatic nitrogens is 1. The number of benzene rings is 1. The second-order valence-corrected chi connectivity index (χ2v) is 6.22. The van der Waals surface area contributed by atoms with E-state index >= 15 is 0 Å². The van der Waals surface area contributed by atoms with Crippen LogP contribution in [0.5, 0.6) is 0 Å². The first kappa shape index (κ1) is 12.7. The smallest absolute Gasteiger partial charge is 0.328 e. The van der Waals surface area contributed by atoms with Gasteiger partial charge in [-0.2, -0.15) is 0 Å². The SMILES string of the molecule is CN1C/C(=C/C(=O)O)C[C@@H]2c3cccc4[nH]cc(c34)C[C@H]21. The van der Waals surface area contributed by atoms with Crippen LogP contribution in [0.3, 0.4) is 0 Å². The summed E-state index contributed by atoms with van der Waals surface area (Å²) in [5.41, 5.74) is 4.96. The fourth-order valence-electron chi connectivity index (χ4n) is 4.10. The number of aromatic amines is 1. The molecule has 1 aliphatic heterocycles. The van der Waals surface area contributed by atoms with Gasteiger partial charge in [0.15, 0.2) is 0 Å². The van der Waals surface area contributed by atoms with Gasteiger partial charge < -0.3 is 10.1 Å². The summed E-state index contributed by atoms with van der Waals surface area (Å²) in [5.74, 6) is -0.449. The Kier molecular flexibility index (Phi) is 2.69. The first-order valence-corrected chi connectivity index (χ1v) is 7.35. The standard InChI is InChI=1S/C17H18N2O2/c1-19-9-10(6-16(20)21)5-13-12-3-2-4-14-17(12)11(8-18-14)7-15(13)19/h2-4,6,8,13,15,18H,5,7,9H2,1H3,(H,20,21)/b10-6+/t13-,15-/m1/s1. The van der Waals surface area contributed by atoms with Gasteiger partial charge in [0.1, 0.15) is 0 Å². The summed E-state index contributed by atoms with van der Waals surface area (Å²) in [6.45, 7) is 0.753. The molecule has 1 saturated heterocycles. The zero-order valence-corrected chi connectivity index (χ0v) is 12.0. The average Bonchev–Trinajstić information content (AvgIpc) is 2.84. The number of nitrogens with one attached hydrogen (secondary N) is 1. The third-order valence-corrected chi connectivity index (χ3v) is 4.94. The lowest BCUT2D eigenvalue weighted by Gasteiger charge is -2.43. The molecule has 0 bridgehead atoms. The molecular weight excluding hydrogens is 264 g/mol. The zero-order chi connectivity index (χ0) is 14.6. The maximum atomic E-state index is 11.0. The lowest BCUT2D eigenvalue weighted by atomic mass is 9.74. The van der Waals surface area contributed by atoms with Crippen LogP contribution in [-0.4, -0.2) is 40.6 Å². The van der Waals surface area contributed by atoms with Gasteiger partial charge in [-0.3, -0.25) is 4.90 Å². The van der Waals surface area contributed by atoms with Crippen molar-refractivity contribution in [1.82, 2.24) is 9.88 Å². The number of aliphatic carboxylic acids is 1. The molecule has 2 aromatic rings. The molecule has 1 aliphatic carbocycles. The van der Waals surface area contributed by atoms with Crippen LogP contribution in [0.15, 0.2) is 36.0 Å². The molecular formula is C17H18N2O2. The van der Waals surface area contributed by atoms with Crippen LogP contribution >= 0.6 is 0 Å². The highest BCUT2D eigenvalue weighted by molar-refractivity contribution is 5.88. The topological polar surface area (TPSA) is 56.3 Å². The molecule has 2 atom stereocenters. The van der Waals surface area contributed by atoms with E-state index in [9.17, 15) is 4.79 Å². The Bertz CT molecular complexity index is 759. The van der Waals surface area contributed by atoms with E-state index in [0.717, 1.165) is 25.0 Å². The first-order valence-electron chi connectivity index (χ1n) is 7.35. The number of carbonyl (C=O) groups is 1. The predicted molar refractivity (Wildman–Crippen MR) is 81.5 cm³/mol. The van der Waals surface area contributed by atoms with E-state index in [1.54, 1.807) is 0 Å². The Morgan fingerprint density at radius 2 is 2.29 bits per heavy atom. The van der Waals surface area contributed by atoms with E-state index in [1.807, 2.05) is 0 Å². The van der Waals surface area contributed by atoms with Crippen molar-refractivity contribution in [2.24, 2.45) is 0 Å². The maximum Gasteiger partial charge on any atom is 0.328 e. The van der Waals surface area contributed by atoms with E-state index < -0.39 is 5.97 Å². The summed E-state index contributed by atoms with van der Waals surface area (Å²) in [6, 6.07) is 6.87. The molecule has 0 amide bonds. The number of hydrogen-bond donors (Lipinski definition) is 2. The van der Waals surface area contributed by atoms with Crippen molar-refractivity contribution in [1.29, 1.82) is 0 Å². The summed E-state index contributed by atoms with van der Waals surface area (Å²) in [4.78, 5) is 16.6. The molecule has 1 aromatic carbocycles. The van der Waals surface area contributed by atoms with Crippen molar-refractivity contribution in [3.63, 3.8) is 0 Å². The number of nitrogens with zero attached hydrogens (tertiary/aromatic N) is 1. The van der Waals surface area contributed by atoms with Crippen molar-refractivity contribution in [2.45, 2.75) is 24.8 Å². The van der Waals surface area contributed by atoms with Gasteiger partial charge in [-0.25, -0.2) is 4.79 Å². The average molecular weight is 282 g/mol. The minimum Gasteiger partial charge on any atom is -0.478 e. The minimum absolute atomic E-state index is 0.390. The largest absolute Gasteiger partial charge is 0.478 e. The van der Waals surface area contributed by atoms with Gasteiger partial charge in [0.2, 0.25) is 0 Å². The molecule has 4 nitrogen and oxygen atoms in total. The molecule has 4 heteroatoms. The monoisotopic (exact) mass is 282 g/mol. The van der Waals surface area contributed by atoms with E-state index in [4.69, 9.17) is 5.11 Å². The minimum atomic E-state index is -0.840. The number of likely N-dealkylation sites (N-methyl/N-ethyl adjacent to an activating group) is 1. The molecule has 0 spiro atoms. The number of piperidine rings is 1.